The third kappa shape index (κ3) is 2.94. The second kappa shape index (κ2) is 5.64. The fourth-order valence-corrected chi connectivity index (χ4v) is 2.57. The lowest BCUT2D eigenvalue weighted by Gasteiger charge is -2.30. The molecule has 0 saturated carbocycles. The van der Waals surface area contributed by atoms with E-state index in [0.29, 0.717) is 31.6 Å². The molecule has 1 fully saturated rings. The van der Waals surface area contributed by atoms with Crippen molar-refractivity contribution >= 4 is 5.95 Å². The number of alkyl halides is 3. The van der Waals surface area contributed by atoms with E-state index in [9.17, 15) is 18.3 Å². The molecule has 1 N–H and O–H groups in total. The minimum atomic E-state index is -4.48. The van der Waals surface area contributed by atoms with Crippen LogP contribution in [-0.4, -0.2) is 33.9 Å². The van der Waals surface area contributed by atoms with Gasteiger partial charge in [-0.3, -0.25) is 4.57 Å². The molecule has 1 aromatic heterocycles. The Hall–Kier alpha value is -2.02. The van der Waals surface area contributed by atoms with Crippen molar-refractivity contribution in [3.63, 3.8) is 0 Å². The number of hydrogen-bond donors (Lipinski definition) is 1. The molecule has 0 radical (unpaired) electrons. The molecule has 0 aliphatic carbocycles. The van der Waals surface area contributed by atoms with Crippen LogP contribution >= 0.6 is 0 Å². The Bertz CT molecular complexity index is 631. The van der Waals surface area contributed by atoms with E-state index in [2.05, 4.69) is 4.98 Å². The van der Waals surface area contributed by atoms with Crippen molar-refractivity contribution in [1.82, 2.24) is 9.55 Å². The molecule has 2 heterocycles. The van der Waals surface area contributed by atoms with Gasteiger partial charge < -0.3 is 10.0 Å². The van der Waals surface area contributed by atoms with Gasteiger partial charge in [-0.25, -0.2) is 4.98 Å². The van der Waals surface area contributed by atoms with Crippen LogP contribution in [0.2, 0.25) is 0 Å². The molecule has 0 bridgehead atoms. The smallest absolute Gasteiger partial charge is 0.393 e. The van der Waals surface area contributed by atoms with Gasteiger partial charge in [0.1, 0.15) is 0 Å². The predicted octanol–water partition coefficient (Wildman–Crippen LogP) is 2.85. The molecule has 22 heavy (non-hydrogen) atoms. The number of benzene rings is 1. The van der Waals surface area contributed by atoms with E-state index >= 15 is 0 Å². The van der Waals surface area contributed by atoms with Gasteiger partial charge in [0.05, 0.1) is 6.10 Å². The van der Waals surface area contributed by atoms with Gasteiger partial charge in [0.15, 0.2) is 5.69 Å². The molecule has 3 rings (SSSR count). The largest absolute Gasteiger partial charge is 0.434 e. The lowest BCUT2D eigenvalue weighted by atomic mass is 10.1. The number of aliphatic hydroxyl groups is 1. The van der Waals surface area contributed by atoms with Gasteiger partial charge in [0, 0.05) is 25.0 Å². The standard InChI is InChI=1S/C15H16F3N3O/c16-15(17,18)13-10-21(11-4-2-1-3-5-11)14(19-13)20-8-6-12(22)7-9-20/h1-5,10,12,22H,6-9H2. The van der Waals surface area contributed by atoms with Gasteiger partial charge in [-0.1, -0.05) is 18.2 Å². The third-order valence-corrected chi connectivity index (χ3v) is 3.76. The van der Waals surface area contributed by atoms with E-state index in [-0.39, 0.29) is 5.95 Å². The topological polar surface area (TPSA) is 41.3 Å². The first-order valence-corrected chi connectivity index (χ1v) is 7.10. The number of imidazole rings is 1. The Labute approximate surface area is 125 Å². The second-order valence-electron chi connectivity index (χ2n) is 5.35. The van der Waals surface area contributed by atoms with Crippen LogP contribution in [0.5, 0.6) is 0 Å². The number of aliphatic hydroxyl groups excluding tert-OH is 1. The van der Waals surface area contributed by atoms with Crippen LogP contribution in [0, 0.1) is 0 Å². The lowest BCUT2D eigenvalue weighted by Crippen LogP contribution is -2.37. The molecule has 1 aromatic carbocycles. The van der Waals surface area contributed by atoms with Gasteiger partial charge in [0.2, 0.25) is 5.95 Å². The molecule has 1 aliphatic heterocycles. The van der Waals surface area contributed by atoms with Crippen molar-refractivity contribution in [3.05, 3.63) is 42.2 Å². The maximum Gasteiger partial charge on any atom is 0.434 e. The second-order valence-corrected chi connectivity index (χ2v) is 5.35. The van der Waals surface area contributed by atoms with Crippen molar-refractivity contribution in [2.24, 2.45) is 0 Å². The average Bonchev–Trinajstić information content (AvgIpc) is 2.94. The maximum atomic E-state index is 13.0. The summed E-state index contributed by atoms with van der Waals surface area (Å²) in [5, 5.41) is 9.56. The molecular weight excluding hydrogens is 295 g/mol. The Morgan fingerprint density at radius 3 is 2.32 bits per heavy atom. The molecule has 0 spiro atoms. The van der Waals surface area contributed by atoms with Crippen molar-refractivity contribution in [2.75, 3.05) is 18.0 Å². The average molecular weight is 311 g/mol. The summed E-state index contributed by atoms with van der Waals surface area (Å²) in [7, 11) is 0. The summed E-state index contributed by atoms with van der Waals surface area (Å²) < 4.78 is 40.4. The first kappa shape index (κ1) is 14.9. The van der Waals surface area contributed by atoms with E-state index in [1.54, 1.807) is 29.2 Å². The molecule has 0 unspecified atom stereocenters. The van der Waals surface area contributed by atoms with E-state index in [4.69, 9.17) is 0 Å². The van der Waals surface area contributed by atoms with E-state index in [1.807, 2.05) is 6.07 Å². The summed E-state index contributed by atoms with van der Waals surface area (Å²) in [6, 6.07) is 8.83. The molecule has 1 saturated heterocycles. The first-order chi connectivity index (χ1) is 10.4. The number of para-hydroxylation sites is 1. The number of rotatable bonds is 2. The SMILES string of the molecule is OC1CCN(c2nc(C(F)(F)F)cn2-c2ccccc2)CC1. The van der Waals surface area contributed by atoms with E-state index in [1.165, 1.54) is 4.57 Å². The summed E-state index contributed by atoms with van der Waals surface area (Å²) in [5.74, 6) is 0.269. The van der Waals surface area contributed by atoms with Crippen molar-refractivity contribution < 1.29 is 18.3 Å². The number of halogens is 3. The number of piperidine rings is 1. The van der Waals surface area contributed by atoms with Crippen molar-refractivity contribution in [3.8, 4) is 5.69 Å². The summed E-state index contributed by atoms with van der Waals surface area (Å²) in [5.41, 5.74) is -0.274. The highest BCUT2D eigenvalue weighted by Crippen LogP contribution is 2.32. The van der Waals surface area contributed by atoms with Gasteiger partial charge in [-0.15, -0.1) is 0 Å². The molecule has 7 heteroatoms. The number of anilines is 1. The number of hydrogen-bond acceptors (Lipinski definition) is 3. The highest BCUT2D eigenvalue weighted by atomic mass is 19.4. The molecule has 4 nitrogen and oxygen atoms in total. The Morgan fingerprint density at radius 1 is 1.09 bits per heavy atom. The highest BCUT2D eigenvalue weighted by molar-refractivity contribution is 5.45. The van der Waals surface area contributed by atoms with Gasteiger partial charge in [-0.05, 0) is 25.0 Å². The summed E-state index contributed by atoms with van der Waals surface area (Å²) in [6.45, 7) is 0.977. The third-order valence-electron chi connectivity index (χ3n) is 3.76. The molecule has 0 atom stereocenters. The van der Waals surface area contributed by atoms with Gasteiger partial charge in [0.25, 0.3) is 0 Å². The molecule has 118 valence electrons. The molecular formula is C15H16F3N3O. The van der Waals surface area contributed by atoms with Gasteiger partial charge >= 0.3 is 6.18 Å². The number of aromatic nitrogens is 2. The van der Waals surface area contributed by atoms with Crippen molar-refractivity contribution in [2.45, 2.75) is 25.1 Å². The lowest BCUT2D eigenvalue weighted by molar-refractivity contribution is -0.140. The highest BCUT2D eigenvalue weighted by Gasteiger charge is 2.36. The normalized spacial score (nSPS) is 17.0. The summed E-state index contributed by atoms with van der Waals surface area (Å²) in [4.78, 5) is 5.58. The number of nitrogens with zero attached hydrogens (tertiary/aromatic N) is 3. The monoisotopic (exact) mass is 311 g/mol. The minimum absolute atomic E-state index is 0.269. The zero-order valence-electron chi connectivity index (χ0n) is 11.8. The van der Waals surface area contributed by atoms with E-state index in [0.717, 1.165) is 6.20 Å². The van der Waals surface area contributed by atoms with Crippen LogP contribution in [0.4, 0.5) is 19.1 Å². The Balaban J connectivity index is 2.02. The van der Waals surface area contributed by atoms with Crippen LogP contribution in [0.15, 0.2) is 36.5 Å². The zero-order valence-corrected chi connectivity index (χ0v) is 11.8. The van der Waals surface area contributed by atoms with Crippen molar-refractivity contribution in [1.29, 1.82) is 0 Å². The summed E-state index contributed by atoms with van der Waals surface area (Å²) >= 11 is 0. The fourth-order valence-electron chi connectivity index (χ4n) is 2.57. The molecule has 2 aromatic rings. The summed E-state index contributed by atoms with van der Waals surface area (Å²) in [6.07, 6.45) is -2.79. The quantitative estimate of drug-likeness (QED) is 0.927. The van der Waals surface area contributed by atoms with Crippen LogP contribution in [-0.2, 0) is 6.18 Å². The predicted molar refractivity (Wildman–Crippen MR) is 76.0 cm³/mol. The fraction of sp³-hybridized carbons (Fsp3) is 0.400. The van der Waals surface area contributed by atoms with Crippen LogP contribution in [0.25, 0.3) is 5.69 Å². The Morgan fingerprint density at radius 2 is 1.73 bits per heavy atom. The van der Waals surface area contributed by atoms with Gasteiger partial charge in [-0.2, -0.15) is 13.2 Å². The van der Waals surface area contributed by atoms with Crippen LogP contribution < -0.4 is 4.90 Å². The zero-order chi connectivity index (χ0) is 15.7. The van der Waals surface area contributed by atoms with Crippen LogP contribution in [0.1, 0.15) is 18.5 Å². The maximum absolute atomic E-state index is 13.0. The first-order valence-electron chi connectivity index (χ1n) is 7.10. The molecule has 1 aliphatic rings. The molecule has 0 amide bonds. The minimum Gasteiger partial charge on any atom is -0.393 e. The Kier molecular flexibility index (Phi) is 3.82. The van der Waals surface area contributed by atoms with E-state index < -0.39 is 18.0 Å². The van der Waals surface area contributed by atoms with Crippen LogP contribution in [0.3, 0.4) is 0 Å².